The molecule has 4 aromatic carbocycles. The van der Waals surface area contributed by atoms with Crippen molar-refractivity contribution in [2.75, 3.05) is 0 Å². The van der Waals surface area contributed by atoms with Gasteiger partial charge in [-0.25, -0.2) is 8.42 Å². The maximum absolute atomic E-state index is 13.6. The minimum Gasteiger partial charge on any atom is -0.370 e. The number of amides is 2. The number of benzene rings is 4. The molecule has 8 N–H and O–H groups in total. The molecule has 0 aromatic heterocycles. The van der Waals surface area contributed by atoms with Crippen molar-refractivity contribution in [1.82, 2.24) is 0 Å². The predicted octanol–water partition coefficient (Wildman–Crippen LogP) is 7.07. The Balaban J connectivity index is 0.000000291. The second-order valence-electron chi connectivity index (χ2n) is 12.1. The van der Waals surface area contributed by atoms with Gasteiger partial charge in [0.05, 0.1) is 20.9 Å². The summed E-state index contributed by atoms with van der Waals surface area (Å²) in [5.74, 6) is -3.13. The molecule has 0 aliphatic heterocycles. The maximum atomic E-state index is 13.6. The topological polar surface area (TPSA) is 197 Å². The molecule has 0 heterocycles. The molecule has 288 valence electrons. The lowest BCUT2D eigenvalue weighted by Crippen LogP contribution is -2.24. The highest BCUT2D eigenvalue weighted by molar-refractivity contribution is 7.99. The van der Waals surface area contributed by atoms with E-state index in [1.165, 1.54) is 32.0 Å². The van der Waals surface area contributed by atoms with Crippen LogP contribution in [0.4, 0.5) is 26.3 Å². The van der Waals surface area contributed by atoms with Crippen LogP contribution in [0.1, 0.15) is 65.2 Å². The molecule has 0 saturated heterocycles. The van der Waals surface area contributed by atoms with Gasteiger partial charge in [0, 0.05) is 20.9 Å². The lowest BCUT2D eigenvalue weighted by Gasteiger charge is -2.17. The molecule has 0 atom stereocenters. The summed E-state index contributed by atoms with van der Waals surface area (Å²) in [4.78, 5) is 30.1. The first-order valence-electron chi connectivity index (χ1n) is 15.5. The molecule has 0 aliphatic rings. The van der Waals surface area contributed by atoms with Crippen molar-refractivity contribution in [2.45, 2.75) is 73.5 Å². The largest absolute Gasteiger partial charge is 0.417 e. The van der Waals surface area contributed by atoms with Gasteiger partial charge in [0.2, 0.25) is 9.84 Å². The highest BCUT2D eigenvalue weighted by atomic mass is 32.2. The zero-order valence-corrected chi connectivity index (χ0v) is 31.3. The lowest BCUT2D eigenvalue weighted by atomic mass is 10.0. The average molecular weight is 795 g/mol. The normalized spacial score (nSPS) is 11.6. The molecule has 0 aliphatic carbocycles. The number of hydrogen-bond acceptors (Lipinski definition) is 5. The van der Waals surface area contributed by atoms with Crippen molar-refractivity contribution < 1.29 is 44.3 Å². The summed E-state index contributed by atoms with van der Waals surface area (Å²) in [6.07, 6.45) is -9.65. The number of nitrogens with zero attached hydrogens (tertiary/aromatic N) is 2. The van der Waals surface area contributed by atoms with Gasteiger partial charge in [0.25, 0.3) is 11.8 Å². The van der Waals surface area contributed by atoms with Crippen LogP contribution in [0.3, 0.4) is 0 Å². The molecule has 54 heavy (non-hydrogen) atoms. The van der Waals surface area contributed by atoms with Crippen molar-refractivity contribution in [3.8, 4) is 0 Å². The number of guanidine groups is 2. The Morgan fingerprint density at radius 2 is 1.00 bits per heavy atom. The second-order valence-corrected chi connectivity index (χ2v) is 15.1. The van der Waals surface area contributed by atoms with Crippen molar-refractivity contribution in [3.05, 3.63) is 116 Å². The first kappa shape index (κ1) is 43.0. The van der Waals surface area contributed by atoms with E-state index in [-0.39, 0.29) is 20.9 Å². The first-order chi connectivity index (χ1) is 24.7. The van der Waals surface area contributed by atoms with Crippen LogP contribution in [-0.2, 0) is 22.2 Å². The third-order valence-corrected chi connectivity index (χ3v) is 10.8. The summed E-state index contributed by atoms with van der Waals surface area (Å²) in [6.45, 7) is 9.83. The summed E-state index contributed by atoms with van der Waals surface area (Å²) >= 11 is 1.01. The quantitative estimate of drug-likeness (QED) is 0.0896. The second kappa shape index (κ2) is 16.3. The monoisotopic (exact) mass is 794 g/mol. The van der Waals surface area contributed by atoms with Gasteiger partial charge in [-0.1, -0.05) is 47.2 Å². The summed E-state index contributed by atoms with van der Waals surface area (Å²) < 4.78 is 108. The Hall–Kier alpha value is -5.36. The predicted molar refractivity (Wildman–Crippen MR) is 194 cm³/mol. The van der Waals surface area contributed by atoms with Crippen LogP contribution in [0.2, 0.25) is 0 Å². The van der Waals surface area contributed by atoms with Crippen molar-refractivity contribution in [3.63, 3.8) is 0 Å². The molecule has 10 nitrogen and oxygen atoms in total. The standard InChI is InChI=1S/C18H18F3N3O3S.C18H18F3N3OS/c1-9-4-5-14(11(3)6-9)28(26,27)15-7-10(2)12(16(25)24-17(22)23)8-13(15)18(19,20)21;1-9-4-5-14(11(3)6-9)26-15-7-10(2)12(16(25)24-17(22)23)8-13(15)18(19,20)21/h4-8H,1-3H3,(H4,22,23,24,25);4-8H,1-3H3,(H4,22,23,24,25). The van der Waals surface area contributed by atoms with Gasteiger partial charge >= 0.3 is 12.4 Å². The van der Waals surface area contributed by atoms with Crippen LogP contribution < -0.4 is 22.9 Å². The molecule has 4 aromatic rings. The SMILES string of the molecule is Cc1ccc(S(=O)(=O)c2cc(C)c(C(=O)N=C(N)N)cc2C(F)(F)F)c(C)c1.Cc1ccc(Sc2cc(C)c(C(=O)N=C(N)N)cc2C(F)(F)F)c(C)c1. The van der Waals surface area contributed by atoms with E-state index in [0.717, 1.165) is 40.6 Å². The number of alkyl halides is 6. The van der Waals surface area contributed by atoms with E-state index < -0.39 is 67.5 Å². The highest BCUT2D eigenvalue weighted by Gasteiger charge is 2.39. The number of rotatable bonds is 6. The zero-order chi connectivity index (χ0) is 41.1. The van der Waals surface area contributed by atoms with Crippen LogP contribution in [-0.4, -0.2) is 32.2 Å². The third-order valence-electron chi connectivity index (χ3n) is 7.65. The fourth-order valence-electron chi connectivity index (χ4n) is 5.18. The fraction of sp³-hybridized carbons (Fsp3) is 0.222. The fourth-order valence-corrected chi connectivity index (χ4v) is 8.06. The van der Waals surface area contributed by atoms with Crippen molar-refractivity contribution in [1.29, 1.82) is 0 Å². The van der Waals surface area contributed by atoms with Crippen LogP contribution in [0.5, 0.6) is 0 Å². The van der Waals surface area contributed by atoms with Gasteiger partial charge in [-0.15, -0.1) is 0 Å². The third kappa shape index (κ3) is 10.4. The number of hydrogen-bond donors (Lipinski definition) is 4. The molecule has 2 amide bonds. The van der Waals surface area contributed by atoms with E-state index in [2.05, 4.69) is 9.98 Å². The Morgan fingerprint density at radius 3 is 1.44 bits per heavy atom. The minimum atomic E-state index is -5.03. The van der Waals surface area contributed by atoms with E-state index in [4.69, 9.17) is 22.9 Å². The molecule has 0 fully saturated rings. The number of halogens is 6. The van der Waals surface area contributed by atoms with E-state index in [1.807, 2.05) is 26.0 Å². The summed E-state index contributed by atoms with van der Waals surface area (Å²) in [5, 5.41) is 0. The Labute approximate surface area is 311 Å². The zero-order valence-electron chi connectivity index (χ0n) is 29.7. The van der Waals surface area contributed by atoms with Gasteiger partial charge in [-0.2, -0.15) is 36.3 Å². The number of sulfone groups is 1. The first-order valence-corrected chi connectivity index (χ1v) is 17.8. The Morgan fingerprint density at radius 1 is 0.556 bits per heavy atom. The van der Waals surface area contributed by atoms with E-state index in [1.54, 1.807) is 26.0 Å². The lowest BCUT2D eigenvalue weighted by molar-refractivity contribution is -0.140. The molecule has 0 radical (unpaired) electrons. The van der Waals surface area contributed by atoms with Gasteiger partial charge in [0.15, 0.2) is 11.9 Å². The van der Waals surface area contributed by atoms with E-state index >= 15 is 0 Å². The number of carbonyl (C=O) groups is 2. The summed E-state index contributed by atoms with van der Waals surface area (Å²) in [7, 11) is -4.50. The van der Waals surface area contributed by atoms with Gasteiger partial charge in [-0.3, -0.25) is 9.59 Å². The Bertz CT molecular complexity index is 2300. The number of aliphatic imine (C=N–C) groups is 2. The van der Waals surface area contributed by atoms with Crippen LogP contribution in [0.25, 0.3) is 0 Å². The molecular formula is C36H36F6N6O4S2. The van der Waals surface area contributed by atoms with Gasteiger partial charge in [0.1, 0.15) is 0 Å². The van der Waals surface area contributed by atoms with Crippen LogP contribution in [0.15, 0.2) is 90.2 Å². The number of nitrogens with two attached hydrogens (primary N) is 4. The summed E-state index contributed by atoms with van der Waals surface area (Å²) in [6, 6.07) is 13.2. The maximum Gasteiger partial charge on any atom is 0.417 e. The molecule has 0 spiro atoms. The number of aryl methyl sites for hydroxylation is 6. The minimum absolute atomic E-state index is 0.00802. The summed E-state index contributed by atoms with van der Waals surface area (Å²) in [5.41, 5.74) is 20.8. The Kier molecular flexibility index (Phi) is 13.0. The van der Waals surface area contributed by atoms with Crippen molar-refractivity contribution in [2.24, 2.45) is 32.9 Å². The molecule has 4 rings (SSSR count). The van der Waals surface area contributed by atoms with E-state index in [9.17, 15) is 44.3 Å². The average Bonchev–Trinajstić information content (AvgIpc) is 3.00. The molecule has 18 heteroatoms. The van der Waals surface area contributed by atoms with Crippen molar-refractivity contribution >= 4 is 45.3 Å². The van der Waals surface area contributed by atoms with Crippen LogP contribution >= 0.6 is 11.8 Å². The molecule has 0 saturated carbocycles. The van der Waals surface area contributed by atoms with Crippen LogP contribution in [0, 0.1) is 41.5 Å². The molecule has 0 bridgehead atoms. The smallest absolute Gasteiger partial charge is 0.370 e. The van der Waals surface area contributed by atoms with Gasteiger partial charge < -0.3 is 22.9 Å². The number of carbonyl (C=O) groups excluding carboxylic acids is 2. The van der Waals surface area contributed by atoms with Gasteiger partial charge in [-0.05, 0) is 100 Å². The molecule has 0 unspecified atom stereocenters. The van der Waals surface area contributed by atoms with E-state index in [0.29, 0.717) is 22.1 Å². The highest BCUT2D eigenvalue weighted by Crippen LogP contribution is 2.42. The molecular weight excluding hydrogens is 759 g/mol.